The van der Waals surface area contributed by atoms with Crippen LogP contribution in [-0.2, 0) is 11.3 Å². The van der Waals surface area contributed by atoms with Crippen molar-refractivity contribution in [2.24, 2.45) is 16.3 Å². The number of fused-ring (bicyclic) bond motifs is 3. The van der Waals surface area contributed by atoms with Crippen LogP contribution >= 0.6 is 11.3 Å². The van der Waals surface area contributed by atoms with Gasteiger partial charge in [0.2, 0.25) is 0 Å². The molecule has 2 heterocycles. The first-order valence-electron chi connectivity index (χ1n) is 15.4. The highest BCUT2D eigenvalue weighted by molar-refractivity contribution is 7.24. The van der Waals surface area contributed by atoms with Gasteiger partial charge in [0.15, 0.2) is 0 Å². The summed E-state index contributed by atoms with van der Waals surface area (Å²) in [5, 5.41) is 17.3. The Balaban J connectivity index is 1.04. The van der Waals surface area contributed by atoms with Gasteiger partial charge in [0, 0.05) is 23.3 Å². The maximum atomic E-state index is 12.5. The number of nitrogens with zero attached hydrogens (tertiary/aromatic N) is 2. The summed E-state index contributed by atoms with van der Waals surface area (Å²) in [7, 11) is 1.62. The second kappa shape index (κ2) is 12.9. The Hall–Kier alpha value is -5.16. The Morgan fingerprint density at radius 3 is 2.45 bits per heavy atom. The molecular weight excluding hydrogens is 614 g/mol. The van der Waals surface area contributed by atoms with Gasteiger partial charge in [0.25, 0.3) is 0 Å². The van der Waals surface area contributed by atoms with E-state index in [0.29, 0.717) is 6.61 Å². The van der Waals surface area contributed by atoms with Gasteiger partial charge in [-0.3, -0.25) is 5.43 Å². The van der Waals surface area contributed by atoms with Crippen LogP contribution in [0.5, 0.6) is 11.5 Å². The highest BCUT2D eigenvalue weighted by Crippen LogP contribution is 2.38. The SMILES string of the molecule is COc1ccc(COC(=O)NC2(COc3ccc4c(c3)sc3cc(-c5ccc(NN=C(N)/C=C(\O)C(C)(C)C)cc5)cn34)CC2)cc1. The van der Waals surface area contributed by atoms with Crippen LogP contribution < -0.4 is 25.9 Å². The molecule has 11 heteroatoms. The number of nitrogens with one attached hydrogen (secondary N) is 2. The van der Waals surface area contributed by atoms with Gasteiger partial charge < -0.3 is 34.8 Å². The molecule has 3 aromatic carbocycles. The molecular formula is C36H39N5O5S. The molecule has 1 amide bonds. The number of aromatic nitrogens is 1. The van der Waals surface area contributed by atoms with E-state index >= 15 is 0 Å². The van der Waals surface area contributed by atoms with Gasteiger partial charge in [-0.15, -0.1) is 11.3 Å². The molecule has 1 fully saturated rings. The molecule has 2 aromatic heterocycles. The maximum Gasteiger partial charge on any atom is 0.408 e. The summed E-state index contributed by atoms with van der Waals surface area (Å²) in [5.74, 6) is 1.88. The molecule has 0 unspecified atom stereocenters. The fourth-order valence-electron chi connectivity index (χ4n) is 4.90. The third-order valence-corrected chi connectivity index (χ3v) is 9.11. The molecule has 244 valence electrons. The molecule has 0 radical (unpaired) electrons. The second-order valence-electron chi connectivity index (χ2n) is 12.8. The molecule has 0 atom stereocenters. The monoisotopic (exact) mass is 653 g/mol. The second-order valence-corrected chi connectivity index (χ2v) is 13.9. The summed E-state index contributed by atoms with van der Waals surface area (Å²) in [6.45, 7) is 6.27. The number of methoxy groups -OCH3 is 1. The van der Waals surface area contributed by atoms with Crippen molar-refractivity contribution >= 4 is 44.0 Å². The molecule has 1 saturated carbocycles. The smallest absolute Gasteiger partial charge is 0.408 e. The van der Waals surface area contributed by atoms with E-state index in [-0.39, 0.29) is 18.2 Å². The molecule has 47 heavy (non-hydrogen) atoms. The number of ether oxygens (including phenoxy) is 3. The average molecular weight is 654 g/mol. The van der Waals surface area contributed by atoms with Crippen molar-refractivity contribution in [3.8, 4) is 22.6 Å². The van der Waals surface area contributed by atoms with Crippen molar-refractivity contribution in [2.45, 2.75) is 45.8 Å². The van der Waals surface area contributed by atoms with E-state index in [1.807, 2.05) is 81.4 Å². The van der Waals surface area contributed by atoms with E-state index in [1.165, 1.54) is 6.08 Å². The van der Waals surface area contributed by atoms with Crippen molar-refractivity contribution in [3.05, 3.63) is 96.4 Å². The van der Waals surface area contributed by atoms with Crippen molar-refractivity contribution in [2.75, 3.05) is 19.1 Å². The zero-order chi connectivity index (χ0) is 33.2. The van der Waals surface area contributed by atoms with Crippen LogP contribution in [0, 0.1) is 5.41 Å². The third kappa shape index (κ3) is 7.63. The molecule has 0 bridgehead atoms. The van der Waals surface area contributed by atoms with Crippen molar-refractivity contribution < 1.29 is 24.1 Å². The lowest BCUT2D eigenvalue weighted by molar-refractivity contribution is 0.128. The first-order chi connectivity index (χ1) is 22.5. The fourth-order valence-corrected chi connectivity index (χ4v) is 6.01. The summed E-state index contributed by atoms with van der Waals surface area (Å²) in [4.78, 5) is 13.6. The molecule has 5 aromatic rings. The maximum absolute atomic E-state index is 12.5. The number of rotatable bonds is 11. The summed E-state index contributed by atoms with van der Waals surface area (Å²) in [5.41, 5.74) is 13.0. The Bertz CT molecular complexity index is 1950. The summed E-state index contributed by atoms with van der Waals surface area (Å²) < 4.78 is 20.0. The molecule has 10 nitrogen and oxygen atoms in total. The lowest BCUT2D eigenvalue weighted by atomic mass is 9.93. The van der Waals surface area contributed by atoms with Crippen LogP contribution in [0.4, 0.5) is 10.5 Å². The lowest BCUT2D eigenvalue weighted by Crippen LogP contribution is -2.41. The van der Waals surface area contributed by atoms with E-state index in [9.17, 15) is 9.90 Å². The number of amides is 1. The molecule has 6 rings (SSSR count). The first kappa shape index (κ1) is 31.8. The van der Waals surface area contributed by atoms with E-state index in [1.54, 1.807) is 18.4 Å². The van der Waals surface area contributed by atoms with Crippen LogP contribution in [0.15, 0.2) is 95.9 Å². The zero-order valence-electron chi connectivity index (χ0n) is 26.9. The number of benzene rings is 3. The number of aliphatic hydroxyl groups is 1. The Morgan fingerprint density at radius 1 is 1.04 bits per heavy atom. The largest absolute Gasteiger partial charge is 0.512 e. The Morgan fingerprint density at radius 2 is 1.77 bits per heavy atom. The van der Waals surface area contributed by atoms with Crippen LogP contribution in [0.1, 0.15) is 39.2 Å². The number of hydrogen-bond donors (Lipinski definition) is 4. The molecule has 0 spiro atoms. The number of amidine groups is 1. The lowest BCUT2D eigenvalue weighted by Gasteiger charge is -2.18. The van der Waals surface area contributed by atoms with Gasteiger partial charge in [-0.1, -0.05) is 45.0 Å². The van der Waals surface area contributed by atoms with Crippen LogP contribution in [0.2, 0.25) is 0 Å². The minimum Gasteiger partial charge on any atom is -0.512 e. The van der Waals surface area contributed by atoms with E-state index in [2.05, 4.69) is 38.6 Å². The van der Waals surface area contributed by atoms with Gasteiger partial charge in [0.1, 0.15) is 41.1 Å². The molecule has 0 aliphatic heterocycles. The quantitative estimate of drug-likeness (QED) is 0.0494. The average Bonchev–Trinajstić information content (AvgIpc) is 3.55. The van der Waals surface area contributed by atoms with Crippen molar-refractivity contribution in [3.63, 3.8) is 0 Å². The van der Waals surface area contributed by atoms with E-state index < -0.39 is 17.0 Å². The highest BCUT2D eigenvalue weighted by atomic mass is 32.1. The van der Waals surface area contributed by atoms with Crippen molar-refractivity contribution in [1.82, 2.24) is 9.72 Å². The van der Waals surface area contributed by atoms with Gasteiger partial charge in [-0.25, -0.2) is 4.79 Å². The van der Waals surface area contributed by atoms with E-state index in [4.69, 9.17) is 19.9 Å². The number of hydrazone groups is 1. The molecule has 0 saturated heterocycles. The number of allylic oxidation sites excluding steroid dienone is 1. The number of aliphatic hydroxyl groups excluding tert-OH is 1. The number of alkyl carbamates (subject to hydrolysis) is 1. The Kier molecular flexibility index (Phi) is 8.74. The van der Waals surface area contributed by atoms with Gasteiger partial charge >= 0.3 is 6.09 Å². The molecule has 5 N–H and O–H groups in total. The van der Waals surface area contributed by atoms with Gasteiger partial charge in [0.05, 0.1) is 28.6 Å². The first-order valence-corrected chi connectivity index (χ1v) is 16.2. The van der Waals surface area contributed by atoms with Crippen molar-refractivity contribution in [1.29, 1.82) is 0 Å². The van der Waals surface area contributed by atoms with Crippen LogP contribution in [-0.4, -0.2) is 40.7 Å². The number of carbonyl (C=O) groups is 1. The minimum atomic E-state index is -0.448. The normalized spacial score (nSPS) is 14.6. The van der Waals surface area contributed by atoms with Crippen LogP contribution in [0.3, 0.4) is 0 Å². The zero-order valence-corrected chi connectivity index (χ0v) is 27.7. The Labute approximate surface area is 277 Å². The summed E-state index contributed by atoms with van der Waals surface area (Å²) >= 11 is 1.69. The highest BCUT2D eigenvalue weighted by Gasteiger charge is 2.45. The topological polar surface area (TPSA) is 132 Å². The van der Waals surface area contributed by atoms with E-state index in [0.717, 1.165) is 61.8 Å². The summed E-state index contributed by atoms with van der Waals surface area (Å²) in [6, 6.07) is 23.6. The van der Waals surface area contributed by atoms with Gasteiger partial charge in [-0.2, -0.15) is 5.10 Å². The molecule has 1 aliphatic rings. The standard InChI is InChI=1S/C36H39N5O5S/c1-35(2,3)31(42)19-32(37)40-39-26-9-7-24(8-10-26)25-17-33-41(20-25)29-14-13-28(18-30(29)47-33)46-22-36(15-16-36)38-34(43)45-21-23-5-11-27(44-4)12-6-23/h5-14,17-20,39,42H,15-16,21-22H2,1-4H3,(H2,37,40)(H,38,43)/b31-19-. The predicted octanol–water partition coefficient (Wildman–Crippen LogP) is 7.84. The molecule has 1 aliphatic carbocycles. The third-order valence-electron chi connectivity index (χ3n) is 8.04. The number of thiazole rings is 1. The number of carbonyl (C=O) groups excluding carboxylic acids is 1. The van der Waals surface area contributed by atoms with Crippen LogP contribution in [0.25, 0.3) is 26.2 Å². The van der Waals surface area contributed by atoms with Gasteiger partial charge in [-0.05, 0) is 72.5 Å². The number of anilines is 1. The number of nitrogens with two attached hydrogens (primary N) is 1. The fraction of sp³-hybridized carbons (Fsp3) is 0.278. The number of hydrogen-bond acceptors (Lipinski definition) is 8. The minimum absolute atomic E-state index is 0.168. The predicted molar refractivity (Wildman–Crippen MR) is 187 cm³/mol. The summed E-state index contributed by atoms with van der Waals surface area (Å²) in [6.07, 6.45) is 4.83.